The summed E-state index contributed by atoms with van der Waals surface area (Å²) in [5.41, 5.74) is 0.577. The quantitative estimate of drug-likeness (QED) is 0.345. The van der Waals surface area contributed by atoms with Crippen LogP contribution < -0.4 is 0 Å². The monoisotopic (exact) mass is 378 g/mol. The van der Waals surface area contributed by atoms with E-state index in [4.69, 9.17) is 9.16 Å². The summed E-state index contributed by atoms with van der Waals surface area (Å²) in [6.45, 7) is 10.8. The number of hydrogen-bond donors (Lipinski definition) is 0. The molecule has 1 aliphatic rings. The van der Waals surface area contributed by atoms with E-state index in [2.05, 4.69) is 45.7 Å². The van der Waals surface area contributed by atoms with Gasteiger partial charge in [0.2, 0.25) is 8.32 Å². The standard InChI is InChI=1S/C19H30N2O4Si/c1-6-26(7-2,8-3)25-15-11-18(14(4)5)24-19(12-15)16-9-10-20-13-17(16)21(22)23/h9-11,13-14,18-19H,6-8,12H2,1-5H3/t18-,19+/m0/s1. The van der Waals surface area contributed by atoms with E-state index in [1.54, 1.807) is 12.3 Å². The summed E-state index contributed by atoms with van der Waals surface area (Å²) in [6, 6.07) is 4.87. The molecule has 0 fully saturated rings. The molecule has 0 radical (unpaired) electrons. The lowest BCUT2D eigenvalue weighted by molar-refractivity contribution is -0.386. The lowest BCUT2D eigenvalue weighted by Gasteiger charge is -2.36. The average molecular weight is 379 g/mol. The molecule has 0 bridgehead atoms. The predicted molar refractivity (Wildman–Crippen MR) is 104 cm³/mol. The maximum absolute atomic E-state index is 11.4. The Hall–Kier alpha value is -1.73. The first-order valence-electron chi connectivity index (χ1n) is 9.49. The third kappa shape index (κ3) is 4.51. The molecular formula is C19H30N2O4Si. The zero-order valence-electron chi connectivity index (χ0n) is 16.4. The van der Waals surface area contributed by atoms with Crippen LogP contribution in [0.3, 0.4) is 0 Å². The summed E-state index contributed by atoms with van der Waals surface area (Å²) in [5.74, 6) is 1.20. The van der Waals surface area contributed by atoms with Gasteiger partial charge in [0, 0.05) is 12.6 Å². The van der Waals surface area contributed by atoms with Crippen molar-refractivity contribution in [3.05, 3.63) is 46.0 Å². The third-order valence-corrected chi connectivity index (χ3v) is 9.93. The van der Waals surface area contributed by atoms with Crippen molar-refractivity contribution in [3.63, 3.8) is 0 Å². The van der Waals surface area contributed by atoms with Crippen LogP contribution in [0.4, 0.5) is 5.69 Å². The maximum Gasteiger partial charge on any atom is 0.293 e. The fraction of sp³-hybridized carbons (Fsp3) is 0.632. The molecule has 0 amide bonds. The van der Waals surface area contributed by atoms with Gasteiger partial charge in [-0.1, -0.05) is 34.6 Å². The van der Waals surface area contributed by atoms with Crippen LogP contribution in [0, 0.1) is 16.0 Å². The second-order valence-corrected chi connectivity index (χ2v) is 11.9. The predicted octanol–water partition coefficient (Wildman–Crippen LogP) is 5.38. The molecule has 1 aliphatic heterocycles. The number of rotatable bonds is 8. The van der Waals surface area contributed by atoms with Crippen LogP contribution in [-0.2, 0) is 9.16 Å². The number of aromatic nitrogens is 1. The summed E-state index contributed by atoms with van der Waals surface area (Å²) in [4.78, 5) is 14.9. The van der Waals surface area contributed by atoms with Crippen LogP contribution in [-0.4, -0.2) is 24.3 Å². The normalized spacial score (nSPS) is 20.8. The molecule has 2 heterocycles. The first-order valence-corrected chi connectivity index (χ1v) is 12.0. The average Bonchev–Trinajstić information content (AvgIpc) is 2.66. The highest BCUT2D eigenvalue weighted by Gasteiger charge is 2.36. The second kappa shape index (κ2) is 8.77. The molecule has 2 rings (SSSR count). The largest absolute Gasteiger partial charge is 0.547 e. The number of ether oxygens (including phenoxy) is 1. The van der Waals surface area contributed by atoms with E-state index in [1.165, 1.54) is 6.20 Å². The van der Waals surface area contributed by atoms with Gasteiger partial charge in [0.15, 0.2) is 0 Å². The molecule has 0 N–H and O–H groups in total. The lowest BCUT2D eigenvalue weighted by Crippen LogP contribution is -2.37. The number of nitrogens with zero attached hydrogens (tertiary/aromatic N) is 2. The zero-order chi connectivity index (χ0) is 19.3. The van der Waals surface area contributed by atoms with Crippen molar-refractivity contribution in [2.24, 2.45) is 5.92 Å². The molecule has 0 aromatic carbocycles. The molecule has 0 saturated carbocycles. The van der Waals surface area contributed by atoms with Crippen molar-refractivity contribution in [1.29, 1.82) is 0 Å². The van der Waals surface area contributed by atoms with E-state index in [-0.39, 0.29) is 23.8 Å². The highest BCUT2D eigenvalue weighted by Crippen LogP contribution is 2.39. The Bertz CT molecular complexity index is 650. The van der Waals surface area contributed by atoms with Crippen LogP contribution >= 0.6 is 0 Å². The van der Waals surface area contributed by atoms with Gasteiger partial charge in [-0.2, -0.15) is 0 Å². The van der Waals surface area contributed by atoms with Gasteiger partial charge >= 0.3 is 0 Å². The summed E-state index contributed by atoms with van der Waals surface area (Å²) < 4.78 is 12.8. The van der Waals surface area contributed by atoms with E-state index < -0.39 is 13.2 Å². The van der Waals surface area contributed by atoms with E-state index in [0.29, 0.717) is 12.0 Å². The fourth-order valence-corrected chi connectivity index (χ4v) is 6.03. The van der Waals surface area contributed by atoms with Crippen molar-refractivity contribution in [2.45, 2.75) is 71.4 Å². The van der Waals surface area contributed by atoms with Gasteiger partial charge < -0.3 is 9.16 Å². The first-order chi connectivity index (χ1) is 12.4. The minimum absolute atomic E-state index is 0.00578. The Kier molecular flexibility index (Phi) is 6.94. The van der Waals surface area contributed by atoms with E-state index >= 15 is 0 Å². The number of nitro groups is 1. The molecular weight excluding hydrogens is 348 g/mol. The Labute approximate surface area is 156 Å². The minimum atomic E-state index is -1.81. The summed E-state index contributed by atoms with van der Waals surface area (Å²) in [7, 11) is -1.81. The van der Waals surface area contributed by atoms with Crippen molar-refractivity contribution < 1.29 is 14.1 Å². The molecule has 0 spiro atoms. The topological polar surface area (TPSA) is 74.5 Å². The molecule has 1 aromatic heterocycles. The van der Waals surface area contributed by atoms with Gasteiger partial charge in [-0.3, -0.25) is 15.1 Å². The van der Waals surface area contributed by atoms with Crippen LogP contribution in [0.5, 0.6) is 0 Å². The van der Waals surface area contributed by atoms with Gasteiger partial charge in [-0.05, 0) is 36.2 Å². The highest BCUT2D eigenvalue weighted by atomic mass is 28.4. The minimum Gasteiger partial charge on any atom is -0.547 e. The van der Waals surface area contributed by atoms with E-state index in [0.717, 1.165) is 23.9 Å². The van der Waals surface area contributed by atoms with Crippen LogP contribution in [0.25, 0.3) is 0 Å². The molecule has 26 heavy (non-hydrogen) atoms. The summed E-state index contributed by atoms with van der Waals surface area (Å²) in [6.07, 6.45) is 4.99. The second-order valence-electron chi connectivity index (χ2n) is 7.21. The highest BCUT2D eigenvalue weighted by molar-refractivity contribution is 6.73. The van der Waals surface area contributed by atoms with Gasteiger partial charge in [0.25, 0.3) is 5.69 Å². The molecule has 0 saturated heterocycles. The fourth-order valence-electron chi connectivity index (χ4n) is 3.39. The van der Waals surface area contributed by atoms with Crippen molar-refractivity contribution in [2.75, 3.05) is 0 Å². The zero-order valence-corrected chi connectivity index (χ0v) is 17.4. The molecule has 2 atom stereocenters. The Balaban J connectivity index is 2.35. The van der Waals surface area contributed by atoms with Crippen LogP contribution in [0.1, 0.15) is 52.7 Å². The van der Waals surface area contributed by atoms with Gasteiger partial charge in [-0.25, -0.2) is 0 Å². The molecule has 0 unspecified atom stereocenters. The van der Waals surface area contributed by atoms with Gasteiger partial charge in [0.05, 0.1) is 28.5 Å². The lowest BCUT2D eigenvalue weighted by atomic mass is 9.97. The molecule has 144 valence electrons. The number of hydrogen-bond acceptors (Lipinski definition) is 5. The van der Waals surface area contributed by atoms with Crippen LogP contribution in [0.15, 0.2) is 30.3 Å². The van der Waals surface area contributed by atoms with Crippen molar-refractivity contribution >= 4 is 14.0 Å². The first kappa shape index (κ1) is 20.6. The Morgan fingerprint density at radius 2 is 2.00 bits per heavy atom. The van der Waals surface area contributed by atoms with E-state index in [1.807, 2.05) is 0 Å². The smallest absolute Gasteiger partial charge is 0.293 e. The van der Waals surface area contributed by atoms with Crippen molar-refractivity contribution in [1.82, 2.24) is 4.98 Å². The maximum atomic E-state index is 11.4. The number of pyridine rings is 1. The molecule has 7 heteroatoms. The van der Waals surface area contributed by atoms with Gasteiger partial charge in [0.1, 0.15) is 6.20 Å². The Morgan fingerprint density at radius 1 is 1.35 bits per heavy atom. The summed E-state index contributed by atoms with van der Waals surface area (Å²) >= 11 is 0. The molecule has 1 aromatic rings. The van der Waals surface area contributed by atoms with Crippen molar-refractivity contribution in [3.8, 4) is 0 Å². The summed E-state index contributed by atoms with van der Waals surface area (Å²) in [5, 5.41) is 11.4. The molecule has 6 nitrogen and oxygen atoms in total. The third-order valence-electron chi connectivity index (χ3n) is 5.37. The SMILES string of the molecule is CC[Si](CC)(CC)OC1=C[C@@H](C(C)C)O[C@@H](c2ccncc2[N+](=O)[O-])C1. The van der Waals surface area contributed by atoms with Gasteiger partial charge in [-0.15, -0.1) is 0 Å². The van der Waals surface area contributed by atoms with Crippen LogP contribution in [0.2, 0.25) is 18.1 Å². The Morgan fingerprint density at radius 3 is 2.54 bits per heavy atom. The molecule has 0 aliphatic carbocycles. The van der Waals surface area contributed by atoms with E-state index in [9.17, 15) is 10.1 Å².